The monoisotopic (exact) mass is 342 g/mol. The minimum Gasteiger partial charge on any atom is -0.374 e. The lowest BCUT2D eigenvalue weighted by atomic mass is 10.3. The molecular formula is C12H20F2N2O3S2. The minimum absolute atomic E-state index is 0.0352. The van der Waals surface area contributed by atoms with Crippen molar-refractivity contribution in [3.63, 3.8) is 0 Å². The molecule has 0 radical (unpaired) electrons. The number of nitrogens with one attached hydrogen (secondary N) is 2. The fourth-order valence-corrected chi connectivity index (χ4v) is 3.67. The maximum absolute atomic E-state index is 12.0. The van der Waals surface area contributed by atoms with Crippen molar-refractivity contribution >= 4 is 21.4 Å². The minimum atomic E-state index is -3.61. The van der Waals surface area contributed by atoms with E-state index in [9.17, 15) is 17.2 Å². The van der Waals surface area contributed by atoms with Gasteiger partial charge in [0.25, 0.3) is 6.43 Å². The number of hydrogen-bond acceptors (Lipinski definition) is 5. The lowest BCUT2D eigenvalue weighted by Crippen LogP contribution is -2.27. The molecule has 1 aromatic rings. The van der Waals surface area contributed by atoms with Crippen LogP contribution in [0.25, 0.3) is 0 Å². The van der Waals surface area contributed by atoms with Crippen LogP contribution in [0.2, 0.25) is 0 Å². The second-order valence-corrected chi connectivity index (χ2v) is 7.58. The van der Waals surface area contributed by atoms with E-state index in [4.69, 9.17) is 0 Å². The Bertz CT molecular complexity index is 518. The first-order chi connectivity index (χ1) is 9.81. The first kappa shape index (κ1) is 18.4. The quantitative estimate of drug-likeness (QED) is 0.637. The van der Waals surface area contributed by atoms with Gasteiger partial charge in [-0.3, -0.25) is 0 Å². The van der Waals surface area contributed by atoms with E-state index in [-0.39, 0.29) is 17.4 Å². The molecule has 5 nitrogen and oxygen atoms in total. The summed E-state index contributed by atoms with van der Waals surface area (Å²) in [6.45, 7) is 3.80. The Morgan fingerprint density at radius 1 is 1.38 bits per heavy atom. The van der Waals surface area contributed by atoms with Gasteiger partial charge in [-0.05, 0) is 17.0 Å². The van der Waals surface area contributed by atoms with Crippen molar-refractivity contribution in [2.75, 3.05) is 19.8 Å². The highest BCUT2D eigenvalue weighted by molar-refractivity contribution is 7.91. The van der Waals surface area contributed by atoms with Crippen molar-refractivity contribution in [3.05, 3.63) is 17.0 Å². The van der Waals surface area contributed by atoms with E-state index in [0.717, 1.165) is 16.9 Å². The number of rotatable bonds is 10. The molecular weight excluding hydrogens is 322 g/mol. The van der Waals surface area contributed by atoms with Crippen molar-refractivity contribution in [1.82, 2.24) is 10.0 Å². The number of halogens is 2. The molecule has 1 aromatic heterocycles. The molecule has 0 amide bonds. The summed E-state index contributed by atoms with van der Waals surface area (Å²) in [5.41, 5.74) is 0.892. The van der Waals surface area contributed by atoms with E-state index in [1.165, 1.54) is 0 Å². The Hall–Kier alpha value is -0.610. The van der Waals surface area contributed by atoms with Crippen LogP contribution >= 0.6 is 11.3 Å². The van der Waals surface area contributed by atoms with Crippen LogP contribution in [0.3, 0.4) is 0 Å². The van der Waals surface area contributed by atoms with Crippen LogP contribution in [0, 0.1) is 0 Å². The van der Waals surface area contributed by atoms with Crippen LogP contribution in [-0.4, -0.2) is 40.6 Å². The predicted octanol–water partition coefficient (Wildman–Crippen LogP) is 1.81. The fraction of sp³-hybridized carbons (Fsp3) is 0.667. The smallest absolute Gasteiger partial charge is 0.261 e. The standard InChI is InChI=1S/C12H20F2N2O3S2/c1-9(2)15-6-10-5-12(20-8-10)21(17,18)16-3-4-19-7-11(13)14/h5,8-9,11,15-16H,3-4,6-7H2,1-2H3. The zero-order valence-electron chi connectivity index (χ0n) is 11.9. The highest BCUT2D eigenvalue weighted by atomic mass is 32.2. The molecule has 0 aromatic carbocycles. The van der Waals surface area contributed by atoms with Gasteiger partial charge in [0.15, 0.2) is 0 Å². The Morgan fingerprint density at radius 2 is 2.10 bits per heavy atom. The normalized spacial score (nSPS) is 12.5. The topological polar surface area (TPSA) is 67.4 Å². The van der Waals surface area contributed by atoms with E-state index < -0.39 is 23.1 Å². The van der Waals surface area contributed by atoms with Crippen LogP contribution in [0.4, 0.5) is 8.78 Å². The second-order valence-electron chi connectivity index (χ2n) is 4.67. The largest absolute Gasteiger partial charge is 0.374 e. The van der Waals surface area contributed by atoms with Gasteiger partial charge in [-0.2, -0.15) is 0 Å². The average Bonchev–Trinajstić information content (AvgIpc) is 2.85. The Morgan fingerprint density at radius 3 is 2.71 bits per heavy atom. The van der Waals surface area contributed by atoms with E-state index in [1.54, 1.807) is 11.4 Å². The maximum Gasteiger partial charge on any atom is 0.261 e. The van der Waals surface area contributed by atoms with Gasteiger partial charge in [0.1, 0.15) is 10.8 Å². The van der Waals surface area contributed by atoms with E-state index >= 15 is 0 Å². The van der Waals surface area contributed by atoms with Crippen LogP contribution in [0.5, 0.6) is 0 Å². The first-order valence-corrected chi connectivity index (χ1v) is 8.84. The lowest BCUT2D eigenvalue weighted by Gasteiger charge is -2.06. The van der Waals surface area contributed by atoms with Crippen molar-refractivity contribution < 1.29 is 21.9 Å². The highest BCUT2D eigenvalue weighted by Gasteiger charge is 2.16. The molecule has 0 unspecified atom stereocenters. The van der Waals surface area contributed by atoms with Crippen molar-refractivity contribution in [3.8, 4) is 0 Å². The number of thiophene rings is 1. The van der Waals surface area contributed by atoms with Crippen LogP contribution < -0.4 is 10.0 Å². The third-order valence-electron chi connectivity index (χ3n) is 2.39. The Kier molecular flexibility index (Phi) is 7.67. The van der Waals surface area contributed by atoms with Gasteiger partial charge in [-0.25, -0.2) is 21.9 Å². The molecule has 0 saturated heterocycles. The molecule has 0 aliphatic rings. The molecule has 1 rings (SSSR count). The summed E-state index contributed by atoms with van der Waals surface area (Å²) in [6, 6.07) is 1.91. The summed E-state index contributed by atoms with van der Waals surface area (Å²) in [4.78, 5) is 0. The molecule has 0 aliphatic heterocycles. The van der Waals surface area contributed by atoms with Crippen LogP contribution in [-0.2, 0) is 21.3 Å². The SMILES string of the molecule is CC(C)NCc1csc(S(=O)(=O)NCCOCC(F)F)c1. The lowest BCUT2D eigenvalue weighted by molar-refractivity contribution is 0.0199. The summed E-state index contributed by atoms with van der Waals surface area (Å²) in [7, 11) is -3.61. The van der Waals surface area contributed by atoms with Gasteiger partial charge < -0.3 is 10.1 Å². The molecule has 0 fully saturated rings. The van der Waals surface area contributed by atoms with Gasteiger partial charge in [-0.15, -0.1) is 11.3 Å². The number of ether oxygens (including phenoxy) is 1. The van der Waals surface area contributed by atoms with E-state index in [1.807, 2.05) is 13.8 Å². The van der Waals surface area contributed by atoms with Gasteiger partial charge in [0.2, 0.25) is 10.0 Å². The first-order valence-electron chi connectivity index (χ1n) is 6.47. The zero-order chi connectivity index (χ0) is 15.9. The van der Waals surface area contributed by atoms with E-state index in [2.05, 4.69) is 14.8 Å². The van der Waals surface area contributed by atoms with Gasteiger partial charge in [0.05, 0.1) is 6.61 Å². The summed E-state index contributed by atoms with van der Waals surface area (Å²) < 4.78 is 54.7. The number of hydrogen-bond donors (Lipinski definition) is 2. The zero-order valence-corrected chi connectivity index (χ0v) is 13.6. The molecule has 0 aliphatic carbocycles. The van der Waals surface area contributed by atoms with Crippen molar-refractivity contribution in [2.24, 2.45) is 0 Å². The second kappa shape index (κ2) is 8.74. The molecule has 9 heteroatoms. The molecule has 0 bridgehead atoms. The van der Waals surface area contributed by atoms with Crippen LogP contribution in [0.1, 0.15) is 19.4 Å². The molecule has 21 heavy (non-hydrogen) atoms. The maximum atomic E-state index is 12.0. The highest BCUT2D eigenvalue weighted by Crippen LogP contribution is 2.20. The molecule has 1 heterocycles. The van der Waals surface area contributed by atoms with Gasteiger partial charge in [-0.1, -0.05) is 13.8 Å². The van der Waals surface area contributed by atoms with Gasteiger partial charge >= 0.3 is 0 Å². The average molecular weight is 342 g/mol. The summed E-state index contributed by atoms with van der Waals surface area (Å²) in [6.07, 6.45) is -2.55. The molecule has 0 atom stereocenters. The Balaban J connectivity index is 2.43. The number of sulfonamides is 1. The summed E-state index contributed by atoms with van der Waals surface area (Å²) in [5, 5.41) is 4.97. The summed E-state index contributed by atoms with van der Waals surface area (Å²) >= 11 is 1.13. The van der Waals surface area contributed by atoms with Crippen molar-refractivity contribution in [1.29, 1.82) is 0 Å². The molecule has 0 spiro atoms. The molecule has 2 N–H and O–H groups in total. The molecule has 122 valence electrons. The van der Waals surface area contributed by atoms with Crippen molar-refractivity contribution in [2.45, 2.75) is 37.1 Å². The summed E-state index contributed by atoms with van der Waals surface area (Å²) in [5.74, 6) is 0. The van der Waals surface area contributed by atoms with Gasteiger partial charge in [0, 0.05) is 19.1 Å². The third kappa shape index (κ3) is 7.28. The fourth-order valence-electron chi connectivity index (χ4n) is 1.40. The van der Waals surface area contributed by atoms with E-state index in [0.29, 0.717) is 12.6 Å². The predicted molar refractivity (Wildman–Crippen MR) is 78.3 cm³/mol. The van der Waals surface area contributed by atoms with Crippen LogP contribution in [0.15, 0.2) is 15.7 Å². The Labute approximate surface area is 127 Å². The number of alkyl halides is 2. The molecule has 0 saturated carbocycles. The third-order valence-corrected chi connectivity index (χ3v) is 5.34.